The molecule has 0 saturated carbocycles. The van der Waals surface area contributed by atoms with Gasteiger partial charge in [0.15, 0.2) is 0 Å². The number of benzene rings is 2. The van der Waals surface area contributed by atoms with E-state index in [1.54, 1.807) is 11.1 Å². The van der Waals surface area contributed by atoms with E-state index in [1.165, 1.54) is 23.9 Å². The Hall–Kier alpha value is -3.87. The molecule has 1 aliphatic rings. The van der Waals surface area contributed by atoms with Crippen LogP contribution in [-0.4, -0.2) is 73.5 Å². The molecule has 12 heteroatoms. The number of hydrogen-bond acceptors (Lipinski definition) is 7. The fourth-order valence-corrected chi connectivity index (χ4v) is 6.27. The molecule has 0 fully saturated rings. The summed E-state index contributed by atoms with van der Waals surface area (Å²) in [5.41, 5.74) is 6.63. The highest BCUT2D eigenvalue weighted by Crippen LogP contribution is 2.40. The summed E-state index contributed by atoms with van der Waals surface area (Å²) in [6.07, 6.45) is 4.09. The third-order valence-electron chi connectivity index (χ3n) is 7.30. The van der Waals surface area contributed by atoms with E-state index in [9.17, 15) is 28.3 Å². The summed E-state index contributed by atoms with van der Waals surface area (Å²) in [7, 11) is 0. The van der Waals surface area contributed by atoms with Crippen LogP contribution in [0.25, 0.3) is 11.3 Å². The molecule has 234 valence electrons. The number of imidazole rings is 1. The Balaban J connectivity index is 1.72. The Bertz CT molecular complexity index is 1500. The summed E-state index contributed by atoms with van der Waals surface area (Å²) in [6.45, 7) is 5.72. The minimum absolute atomic E-state index is 0.0116. The number of nitrogens with zero attached hydrogens (tertiary/aromatic N) is 4. The number of halogens is 2. The Morgan fingerprint density at radius 3 is 2.39 bits per heavy atom. The predicted molar refractivity (Wildman–Crippen MR) is 165 cm³/mol. The van der Waals surface area contributed by atoms with Gasteiger partial charge in [0.05, 0.1) is 17.6 Å². The van der Waals surface area contributed by atoms with Crippen molar-refractivity contribution in [3.8, 4) is 11.3 Å². The zero-order valence-electron chi connectivity index (χ0n) is 25.0. The van der Waals surface area contributed by atoms with Crippen LogP contribution in [0.2, 0.25) is 0 Å². The maximum Gasteiger partial charge on any atom is 0.254 e. The molecule has 0 radical (unpaired) electrons. The van der Waals surface area contributed by atoms with Gasteiger partial charge in [-0.1, -0.05) is 51.1 Å². The number of imide groups is 1. The molecule has 3 amide bonds. The minimum atomic E-state index is -0.760. The van der Waals surface area contributed by atoms with Gasteiger partial charge in [0, 0.05) is 42.8 Å². The van der Waals surface area contributed by atoms with Crippen molar-refractivity contribution in [3.63, 3.8) is 0 Å². The van der Waals surface area contributed by atoms with E-state index >= 15 is 0 Å². The van der Waals surface area contributed by atoms with Crippen molar-refractivity contribution >= 4 is 29.5 Å². The zero-order chi connectivity index (χ0) is 32.0. The van der Waals surface area contributed by atoms with E-state index in [0.29, 0.717) is 18.1 Å². The minimum Gasteiger partial charge on any atom is -0.387 e. The van der Waals surface area contributed by atoms with Crippen LogP contribution in [0.4, 0.5) is 8.78 Å². The van der Waals surface area contributed by atoms with Crippen LogP contribution in [0, 0.1) is 23.0 Å². The van der Waals surface area contributed by atoms with Crippen molar-refractivity contribution in [2.45, 2.75) is 33.4 Å². The van der Waals surface area contributed by atoms with Gasteiger partial charge in [-0.3, -0.25) is 19.3 Å². The molecule has 0 aliphatic carbocycles. The Labute approximate surface area is 259 Å². The van der Waals surface area contributed by atoms with E-state index in [2.05, 4.69) is 0 Å². The SMILES string of the molecule is CC(C)(C)C(c1nc(-c2cc(F)ccc2F)cn1Cc1ccccc1)N(CC(CN)CSCN1C(=O)C=CC1=O)C(=O)CO. The summed E-state index contributed by atoms with van der Waals surface area (Å²) in [5, 5.41) is 10.1. The first-order chi connectivity index (χ1) is 20.9. The average Bonchev–Trinajstić information content (AvgIpc) is 3.54. The quantitative estimate of drug-likeness (QED) is 0.276. The monoisotopic (exact) mass is 625 g/mol. The number of carbonyl (C=O) groups is 3. The number of aliphatic hydroxyl groups is 1. The third kappa shape index (κ3) is 7.79. The molecule has 1 aromatic heterocycles. The predicted octanol–water partition coefficient (Wildman–Crippen LogP) is 3.98. The van der Waals surface area contributed by atoms with Gasteiger partial charge in [0.1, 0.15) is 24.1 Å². The largest absolute Gasteiger partial charge is 0.387 e. The first kappa shape index (κ1) is 33.0. The molecule has 4 rings (SSSR count). The molecule has 3 aromatic rings. The van der Waals surface area contributed by atoms with Crippen molar-refractivity contribution in [2.75, 3.05) is 31.3 Å². The fourth-order valence-electron chi connectivity index (χ4n) is 5.16. The second-order valence-electron chi connectivity index (χ2n) is 11.7. The van der Waals surface area contributed by atoms with Crippen LogP contribution >= 0.6 is 11.8 Å². The van der Waals surface area contributed by atoms with Gasteiger partial charge in [-0.25, -0.2) is 13.8 Å². The highest BCUT2D eigenvalue weighted by Gasteiger charge is 2.39. The van der Waals surface area contributed by atoms with Gasteiger partial charge < -0.3 is 20.3 Å². The number of rotatable bonds is 13. The smallest absolute Gasteiger partial charge is 0.254 e. The summed E-state index contributed by atoms with van der Waals surface area (Å²) < 4.78 is 30.9. The van der Waals surface area contributed by atoms with Crippen LogP contribution in [0.1, 0.15) is 38.2 Å². The number of nitrogens with two attached hydrogens (primary N) is 1. The maximum atomic E-state index is 14.9. The van der Waals surface area contributed by atoms with E-state index in [1.807, 2.05) is 55.7 Å². The Morgan fingerprint density at radius 2 is 1.77 bits per heavy atom. The molecule has 0 bridgehead atoms. The molecule has 2 unspecified atom stereocenters. The molecule has 9 nitrogen and oxygen atoms in total. The molecule has 1 aliphatic heterocycles. The fraction of sp³-hybridized carbons (Fsp3) is 0.375. The van der Waals surface area contributed by atoms with E-state index < -0.39 is 35.6 Å². The molecule has 2 atom stereocenters. The van der Waals surface area contributed by atoms with Gasteiger partial charge >= 0.3 is 0 Å². The Kier molecular flexibility index (Phi) is 10.7. The standard InChI is InChI=1S/C32H37F2N5O4S/c1-32(2,3)30(38(29(43)18-40)16-22(14-35)19-44-20-39-27(41)11-12-28(39)42)31-36-26(24-13-23(33)9-10-25(24)34)17-37(31)15-21-7-5-4-6-8-21/h4-13,17,22,30,40H,14-16,18-20,35H2,1-3H3. The van der Waals surface area contributed by atoms with Gasteiger partial charge in [-0.2, -0.15) is 0 Å². The van der Waals surface area contributed by atoms with Crippen molar-refractivity contribution in [3.05, 3.63) is 89.9 Å². The highest BCUT2D eigenvalue weighted by molar-refractivity contribution is 7.99. The molecular weight excluding hydrogens is 588 g/mol. The summed E-state index contributed by atoms with van der Waals surface area (Å²) >= 11 is 1.34. The van der Waals surface area contributed by atoms with Crippen LogP contribution < -0.4 is 5.73 Å². The molecule has 0 saturated heterocycles. The second-order valence-corrected chi connectivity index (χ2v) is 12.7. The number of amides is 3. The number of carbonyl (C=O) groups excluding carboxylic acids is 3. The van der Waals surface area contributed by atoms with Crippen LogP contribution in [0.15, 0.2) is 66.9 Å². The third-order valence-corrected chi connectivity index (χ3v) is 8.45. The maximum absolute atomic E-state index is 14.9. The lowest BCUT2D eigenvalue weighted by atomic mass is 9.84. The van der Waals surface area contributed by atoms with Crippen LogP contribution in [-0.2, 0) is 20.9 Å². The van der Waals surface area contributed by atoms with Gasteiger partial charge in [0.25, 0.3) is 11.8 Å². The highest BCUT2D eigenvalue weighted by atomic mass is 32.2. The lowest BCUT2D eigenvalue weighted by Gasteiger charge is -2.41. The molecular formula is C32H37F2N5O4S. The second kappa shape index (κ2) is 14.3. The lowest BCUT2D eigenvalue weighted by Crippen LogP contribution is -2.47. The van der Waals surface area contributed by atoms with Gasteiger partial charge in [-0.05, 0) is 41.6 Å². The summed E-state index contributed by atoms with van der Waals surface area (Å²) in [5.74, 6) is -1.82. The van der Waals surface area contributed by atoms with Crippen LogP contribution in [0.5, 0.6) is 0 Å². The number of hydrogen-bond donors (Lipinski definition) is 2. The number of aromatic nitrogens is 2. The average molecular weight is 626 g/mol. The van der Waals surface area contributed by atoms with Crippen molar-refractivity contribution in [1.29, 1.82) is 0 Å². The van der Waals surface area contributed by atoms with Crippen LogP contribution in [0.3, 0.4) is 0 Å². The van der Waals surface area contributed by atoms with Gasteiger partial charge in [-0.15, -0.1) is 11.8 Å². The Morgan fingerprint density at radius 1 is 1.09 bits per heavy atom. The van der Waals surface area contributed by atoms with Gasteiger partial charge in [0.2, 0.25) is 5.91 Å². The van der Waals surface area contributed by atoms with E-state index in [4.69, 9.17) is 10.7 Å². The van der Waals surface area contributed by atoms with E-state index in [0.717, 1.165) is 28.7 Å². The topological polar surface area (TPSA) is 122 Å². The normalized spacial score (nSPS) is 14.8. The molecule has 3 N–H and O–H groups in total. The first-order valence-corrected chi connectivity index (χ1v) is 15.4. The summed E-state index contributed by atoms with van der Waals surface area (Å²) in [6, 6.07) is 12.0. The first-order valence-electron chi connectivity index (χ1n) is 14.2. The van der Waals surface area contributed by atoms with E-state index in [-0.39, 0.29) is 48.0 Å². The van der Waals surface area contributed by atoms with Crippen molar-refractivity contribution in [2.24, 2.45) is 17.1 Å². The lowest BCUT2D eigenvalue weighted by molar-refractivity contribution is -0.140. The summed E-state index contributed by atoms with van der Waals surface area (Å²) in [4.78, 5) is 44.8. The zero-order valence-corrected chi connectivity index (χ0v) is 25.8. The number of thioether (sulfide) groups is 1. The molecule has 2 heterocycles. The molecule has 0 spiro atoms. The molecule has 44 heavy (non-hydrogen) atoms. The molecule has 2 aromatic carbocycles. The van der Waals surface area contributed by atoms with Crippen molar-refractivity contribution < 1.29 is 28.3 Å². The van der Waals surface area contributed by atoms with Crippen molar-refractivity contribution in [1.82, 2.24) is 19.4 Å². The number of aliphatic hydroxyl groups excluding tert-OH is 1.